The molecule has 4 aromatic rings. The molecule has 0 aliphatic heterocycles. The standard InChI is InChI=1S/C29H28N4OS/c1-2-17-33-28(27(21-11-5-3-6-12-21)22-13-7-4-8-14-22)31-32-29(33)35-20-26(34)30-25-18-23-15-9-10-16-24(23)19-25/h2-16,25,27H,1,17-20H2,(H,30,34). The molecule has 0 spiro atoms. The van der Waals surface area contributed by atoms with E-state index < -0.39 is 0 Å². The first-order valence-electron chi connectivity index (χ1n) is 11.9. The lowest BCUT2D eigenvalue weighted by molar-refractivity contribution is -0.119. The highest BCUT2D eigenvalue weighted by atomic mass is 32.2. The number of fused-ring (bicyclic) bond motifs is 1. The maximum Gasteiger partial charge on any atom is 0.230 e. The molecule has 1 aliphatic rings. The molecular formula is C29H28N4OS. The Kier molecular flexibility index (Phi) is 7.09. The van der Waals surface area contributed by atoms with E-state index in [2.05, 4.69) is 75.2 Å². The van der Waals surface area contributed by atoms with E-state index >= 15 is 0 Å². The van der Waals surface area contributed by atoms with E-state index in [1.165, 1.54) is 22.9 Å². The molecular weight excluding hydrogens is 452 g/mol. The fraction of sp³-hybridized carbons (Fsp3) is 0.207. The number of nitrogens with one attached hydrogen (secondary N) is 1. The van der Waals surface area contributed by atoms with Crippen LogP contribution in [0.25, 0.3) is 0 Å². The Labute approximate surface area is 210 Å². The number of benzene rings is 3. The molecule has 1 amide bonds. The van der Waals surface area contributed by atoms with Crippen LogP contribution in [0.2, 0.25) is 0 Å². The van der Waals surface area contributed by atoms with E-state index in [9.17, 15) is 4.79 Å². The molecule has 35 heavy (non-hydrogen) atoms. The Morgan fingerprint density at radius 2 is 1.51 bits per heavy atom. The van der Waals surface area contributed by atoms with E-state index in [0.29, 0.717) is 12.3 Å². The summed E-state index contributed by atoms with van der Waals surface area (Å²) in [7, 11) is 0. The van der Waals surface area contributed by atoms with Crippen molar-refractivity contribution in [3.05, 3.63) is 126 Å². The van der Waals surface area contributed by atoms with Crippen molar-refractivity contribution in [3.8, 4) is 0 Å². The molecule has 1 N–H and O–H groups in total. The van der Waals surface area contributed by atoms with Gasteiger partial charge in [0.1, 0.15) is 5.82 Å². The summed E-state index contributed by atoms with van der Waals surface area (Å²) in [5.41, 5.74) is 4.94. The third kappa shape index (κ3) is 5.23. The number of nitrogens with zero attached hydrogens (tertiary/aromatic N) is 3. The first kappa shape index (κ1) is 23.1. The second-order valence-electron chi connectivity index (χ2n) is 8.72. The maximum absolute atomic E-state index is 12.8. The summed E-state index contributed by atoms with van der Waals surface area (Å²) in [6.45, 7) is 4.51. The van der Waals surface area contributed by atoms with Gasteiger partial charge in [-0.05, 0) is 35.1 Å². The van der Waals surface area contributed by atoms with Gasteiger partial charge in [0.2, 0.25) is 5.91 Å². The minimum absolute atomic E-state index is 0.0187. The zero-order valence-corrected chi connectivity index (χ0v) is 20.3. The van der Waals surface area contributed by atoms with Gasteiger partial charge in [-0.25, -0.2) is 0 Å². The number of hydrogen-bond donors (Lipinski definition) is 1. The smallest absolute Gasteiger partial charge is 0.230 e. The molecule has 0 unspecified atom stereocenters. The summed E-state index contributed by atoms with van der Waals surface area (Å²) in [6, 6.07) is 29.2. The number of rotatable bonds is 9. The van der Waals surface area contributed by atoms with Crippen LogP contribution in [0.15, 0.2) is 103 Å². The van der Waals surface area contributed by atoms with Crippen molar-refractivity contribution < 1.29 is 4.79 Å². The molecule has 0 saturated carbocycles. The number of aromatic nitrogens is 3. The van der Waals surface area contributed by atoms with Gasteiger partial charge in [0.15, 0.2) is 5.16 Å². The van der Waals surface area contributed by atoms with Gasteiger partial charge in [-0.3, -0.25) is 4.79 Å². The molecule has 0 atom stereocenters. The predicted octanol–water partition coefficient (Wildman–Crippen LogP) is 5.02. The van der Waals surface area contributed by atoms with Crippen molar-refractivity contribution in [2.75, 3.05) is 5.75 Å². The fourth-order valence-corrected chi connectivity index (χ4v) is 5.53. The number of hydrogen-bond acceptors (Lipinski definition) is 4. The Morgan fingerprint density at radius 1 is 0.943 bits per heavy atom. The molecule has 6 heteroatoms. The van der Waals surface area contributed by atoms with Gasteiger partial charge in [0.05, 0.1) is 11.7 Å². The van der Waals surface area contributed by atoms with Crippen LogP contribution in [-0.4, -0.2) is 32.5 Å². The zero-order chi connectivity index (χ0) is 24.0. The normalized spacial score (nSPS) is 13.1. The number of thioether (sulfide) groups is 1. The van der Waals surface area contributed by atoms with Gasteiger partial charge < -0.3 is 9.88 Å². The third-order valence-corrected chi connectivity index (χ3v) is 7.30. The van der Waals surface area contributed by atoms with Gasteiger partial charge in [-0.1, -0.05) is 103 Å². The van der Waals surface area contributed by atoms with Crippen LogP contribution < -0.4 is 5.32 Å². The summed E-state index contributed by atoms with van der Waals surface area (Å²) in [4.78, 5) is 12.8. The molecule has 0 radical (unpaired) electrons. The minimum Gasteiger partial charge on any atom is -0.352 e. The summed E-state index contributed by atoms with van der Waals surface area (Å²) < 4.78 is 2.07. The van der Waals surface area contributed by atoms with Crippen LogP contribution in [0, 0.1) is 0 Å². The second kappa shape index (κ2) is 10.7. The molecule has 1 heterocycles. The molecule has 0 bridgehead atoms. The molecule has 0 fully saturated rings. The van der Waals surface area contributed by atoms with Crippen LogP contribution >= 0.6 is 11.8 Å². The first-order chi connectivity index (χ1) is 17.2. The SMILES string of the molecule is C=CCn1c(SCC(=O)NC2Cc3ccccc3C2)nnc1C(c1ccccc1)c1ccccc1. The number of carbonyl (C=O) groups excluding carboxylic acids is 1. The summed E-state index contributed by atoms with van der Waals surface area (Å²) in [5, 5.41) is 13.0. The molecule has 3 aromatic carbocycles. The average molecular weight is 481 g/mol. The average Bonchev–Trinajstić information content (AvgIpc) is 3.48. The molecule has 1 aliphatic carbocycles. The Morgan fingerprint density at radius 3 is 2.09 bits per heavy atom. The van der Waals surface area contributed by atoms with Gasteiger partial charge in [0.25, 0.3) is 0 Å². The van der Waals surface area contributed by atoms with Crippen molar-refractivity contribution in [2.24, 2.45) is 0 Å². The summed E-state index contributed by atoms with van der Waals surface area (Å²) in [6.07, 6.45) is 3.62. The predicted molar refractivity (Wildman–Crippen MR) is 141 cm³/mol. The van der Waals surface area contributed by atoms with Crippen LogP contribution in [0.3, 0.4) is 0 Å². The first-order valence-corrected chi connectivity index (χ1v) is 12.8. The lowest BCUT2D eigenvalue weighted by Crippen LogP contribution is -2.36. The molecule has 5 rings (SSSR count). The summed E-state index contributed by atoms with van der Waals surface area (Å²) >= 11 is 1.42. The fourth-order valence-electron chi connectivity index (χ4n) is 4.76. The molecule has 1 aromatic heterocycles. The molecule has 176 valence electrons. The van der Waals surface area contributed by atoms with Crippen molar-refractivity contribution in [1.82, 2.24) is 20.1 Å². The highest BCUT2D eigenvalue weighted by Gasteiger charge is 2.26. The number of carbonyl (C=O) groups is 1. The third-order valence-electron chi connectivity index (χ3n) is 6.33. The minimum atomic E-state index is -0.0648. The van der Waals surface area contributed by atoms with E-state index in [1.807, 2.05) is 42.5 Å². The number of allylic oxidation sites excluding steroid dienone is 1. The van der Waals surface area contributed by atoms with Crippen LogP contribution in [0.5, 0.6) is 0 Å². The van der Waals surface area contributed by atoms with E-state index in [4.69, 9.17) is 0 Å². The topological polar surface area (TPSA) is 59.8 Å². The lowest BCUT2D eigenvalue weighted by atomic mass is 9.90. The Bertz CT molecular complexity index is 1240. The van der Waals surface area contributed by atoms with E-state index in [-0.39, 0.29) is 17.9 Å². The largest absolute Gasteiger partial charge is 0.352 e. The summed E-state index contributed by atoms with van der Waals surface area (Å²) in [5.74, 6) is 1.09. The Hall–Kier alpha value is -3.64. The van der Waals surface area contributed by atoms with Crippen molar-refractivity contribution in [3.63, 3.8) is 0 Å². The zero-order valence-electron chi connectivity index (χ0n) is 19.5. The van der Waals surface area contributed by atoms with Crippen molar-refractivity contribution >= 4 is 17.7 Å². The van der Waals surface area contributed by atoms with Gasteiger partial charge in [-0.15, -0.1) is 16.8 Å². The van der Waals surface area contributed by atoms with Crippen molar-refractivity contribution in [2.45, 2.75) is 36.5 Å². The quantitative estimate of drug-likeness (QED) is 0.270. The van der Waals surface area contributed by atoms with Crippen LogP contribution in [0.1, 0.15) is 34.0 Å². The van der Waals surface area contributed by atoms with E-state index in [1.54, 1.807) is 0 Å². The second-order valence-corrected chi connectivity index (χ2v) is 9.67. The Balaban J connectivity index is 1.33. The van der Waals surface area contributed by atoms with Crippen molar-refractivity contribution in [1.29, 1.82) is 0 Å². The maximum atomic E-state index is 12.8. The van der Waals surface area contributed by atoms with E-state index in [0.717, 1.165) is 34.9 Å². The molecule has 5 nitrogen and oxygen atoms in total. The number of amides is 1. The highest BCUT2D eigenvalue weighted by Crippen LogP contribution is 2.32. The highest BCUT2D eigenvalue weighted by molar-refractivity contribution is 7.99. The van der Waals surface area contributed by atoms with Gasteiger partial charge >= 0.3 is 0 Å². The van der Waals surface area contributed by atoms with Crippen LogP contribution in [-0.2, 0) is 24.2 Å². The van der Waals surface area contributed by atoms with Gasteiger partial charge in [0, 0.05) is 12.6 Å². The van der Waals surface area contributed by atoms with Gasteiger partial charge in [-0.2, -0.15) is 0 Å². The van der Waals surface area contributed by atoms with Crippen LogP contribution in [0.4, 0.5) is 0 Å². The molecule has 0 saturated heterocycles. The monoisotopic (exact) mass is 480 g/mol. The lowest BCUT2D eigenvalue weighted by Gasteiger charge is -2.19.